The maximum absolute atomic E-state index is 13.1. The molecule has 1 atom stereocenters. The van der Waals surface area contributed by atoms with Gasteiger partial charge in [-0.15, -0.1) is 0 Å². The molecule has 0 radical (unpaired) electrons. The first-order chi connectivity index (χ1) is 15.1. The first-order valence-electron chi connectivity index (χ1n) is 10.7. The Bertz CT molecular complexity index is 1240. The van der Waals surface area contributed by atoms with Gasteiger partial charge in [0.25, 0.3) is 0 Å². The summed E-state index contributed by atoms with van der Waals surface area (Å²) in [5.74, 6) is -0.438. The Morgan fingerprint density at radius 2 is 1.84 bits per heavy atom. The third kappa shape index (κ3) is 4.30. The number of amides is 1. The summed E-state index contributed by atoms with van der Waals surface area (Å²) in [5.41, 5.74) is 4.06. The monoisotopic (exact) mass is 455 g/mol. The summed E-state index contributed by atoms with van der Waals surface area (Å²) < 4.78 is 28.1. The van der Waals surface area contributed by atoms with Crippen LogP contribution in [-0.2, 0) is 33.2 Å². The number of nitrogens with one attached hydrogen (secondary N) is 2. The predicted octanol–water partition coefficient (Wildman–Crippen LogP) is 2.69. The van der Waals surface area contributed by atoms with Gasteiger partial charge in [-0.1, -0.05) is 51.1 Å². The lowest BCUT2D eigenvalue weighted by molar-refractivity contribution is -0.134. The van der Waals surface area contributed by atoms with Gasteiger partial charge in [0.1, 0.15) is 6.04 Å². The summed E-state index contributed by atoms with van der Waals surface area (Å²) in [6.45, 7) is 6.34. The van der Waals surface area contributed by atoms with Crippen molar-refractivity contribution >= 4 is 26.8 Å². The van der Waals surface area contributed by atoms with Gasteiger partial charge in [-0.3, -0.25) is 4.79 Å². The Morgan fingerprint density at radius 3 is 2.50 bits per heavy atom. The van der Waals surface area contributed by atoms with Gasteiger partial charge < -0.3 is 15.0 Å². The standard InChI is InChI=1S/C24H29N3O4S/c1-24(2,3)16-8-10-17(11-9-16)32(30,31)26-22(15-28)23(29)27-13-12-19-18-6-4-5-7-20(18)25-21(19)14-27/h4-11,22,25-26,28H,12-15H2,1-3H3. The van der Waals surface area contributed by atoms with Crippen molar-refractivity contribution in [2.45, 2.75) is 50.1 Å². The Hall–Kier alpha value is -2.68. The molecule has 1 unspecified atom stereocenters. The molecule has 1 aromatic heterocycles. The summed E-state index contributed by atoms with van der Waals surface area (Å²) >= 11 is 0. The average molecular weight is 456 g/mol. The van der Waals surface area contributed by atoms with Gasteiger partial charge in [0.2, 0.25) is 15.9 Å². The molecule has 1 amide bonds. The van der Waals surface area contributed by atoms with Crippen LogP contribution >= 0.6 is 0 Å². The highest BCUT2D eigenvalue weighted by molar-refractivity contribution is 7.89. The minimum atomic E-state index is -3.96. The second-order valence-corrected chi connectivity index (χ2v) is 11.0. The van der Waals surface area contributed by atoms with Gasteiger partial charge >= 0.3 is 0 Å². The molecule has 0 spiro atoms. The molecule has 1 aliphatic heterocycles. The summed E-state index contributed by atoms with van der Waals surface area (Å²) in [7, 11) is -3.96. The minimum Gasteiger partial charge on any atom is -0.394 e. The van der Waals surface area contributed by atoms with Gasteiger partial charge in [-0.2, -0.15) is 4.72 Å². The van der Waals surface area contributed by atoms with E-state index in [1.54, 1.807) is 17.0 Å². The molecule has 3 N–H and O–H groups in total. The fraction of sp³-hybridized carbons (Fsp3) is 0.375. The topological polar surface area (TPSA) is 102 Å². The number of aromatic amines is 1. The molecule has 0 fully saturated rings. The van der Waals surface area contributed by atoms with Gasteiger partial charge in [0.05, 0.1) is 18.0 Å². The average Bonchev–Trinajstić information content (AvgIpc) is 3.14. The number of aliphatic hydroxyl groups is 1. The first-order valence-corrected chi connectivity index (χ1v) is 12.2. The van der Waals surface area contributed by atoms with Crippen LogP contribution in [-0.4, -0.2) is 48.5 Å². The molecule has 3 aromatic rings. The summed E-state index contributed by atoms with van der Waals surface area (Å²) in [6.07, 6.45) is 0.671. The Labute approximate surface area is 188 Å². The largest absolute Gasteiger partial charge is 0.394 e. The zero-order chi connectivity index (χ0) is 23.1. The van der Waals surface area contributed by atoms with Crippen LogP contribution in [0.15, 0.2) is 53.4 Å². The van der Waals surface area contributed by atoms with E-state index in [2.05, 4.69) is 15.8 Å². The zero-order valence-corrected chi connectivity index (χ0v) is 19.4. The maximum Gasteiger partial charge on any atom is 0.243 e. The van der Waals surface area contributed by atoms with Crippen molar-refractivity contribution < 1.29 is 18.3 Å². The lowest BCUT2D eigenvalue weighted by Crippen LogP contribution is -2.51. The second kappa shape index (κ2) is 8.35. The molecule has 0 saturated carbocycles. The van der Waals surface area contributed by atoms with E-state index >= 15 is 0 Å². The van der Waals surface area contributed by atoms with Crippen LogP contribution in [0.4, 0.5) is 0 Å². The molecule has 170 valence electrons. The summed E-state index contributed by atoms with van der Waals surface area (Å²) in [4.78, 5) is 18.1. The third-order valence-corrected chi connectivity index (χ3v) is 7.49. The fourth-order valence-corrected chi connectivity index (χ4v) is 5.34. The van der Waals surface area contributed by atoms with Crippen LogP contribution < -0.4 is 4.72 Å². The smallest absolute Gasteiger partial charge is 0.243 e. The van der Waals surface area contributed by atoms with E-state index in [0.717, 1.165) is 22.2 Å². The Morgan fingerprint density at radius 1 is 1.16 bits per heavy atom. The van der Waals surface area contributed by atoms with Gasteiger partial charge in [0.15, 0.2) is 0 Å². The number of carbonyl (C=O) groups is 1. The SMILES string of the molecule is CC(C)(C)c1ccc(S(=O)(=O)NC(CO)C(=O)N2CCc3c([nH]c4ccccc34)C2)cc1. The van der Waals surface area contributed by atoms with Crippen LogP contribution in [0.5, 0.6) is 0 Å². The highest BCUT2D eigenvalue weighted by Gasteiger charge is 2.32. The lowest BCUT2D eigenvalue weighted by Gasteiger charge is -2.30. The molecule has 32 heavy (non-hydrogen) atoms. The van der Waals surface area contributed by atoms with E-state index in [4.69, 9.17) is 0 Å². The molecule has 0 saturated heterocycles. The number of para-hydroxylation sites is 1. The van der Waals surface area contributed by atoms with Crippen molar-refractivity contribution in [2.24, 2.45) is 0 Å². The number of rotatable bonds is 5. The van der Waals surface area contributed by atoms with E-state index in [9.17, 15) is 18.3 Å². The number of fused-ring (bicyclic) bond motifs is 3. The van der Waals surface area contributed by atoms with Crippen LogP contribution in [0.3, 0.4) is 0 Å². The van der Waals surface area contributed by atoms with E-state index in [1.807, 2.05) is 39.0 Å². The summed E-state index contributed by atoms with van der Waals surface area (Å²) in [5, 5.41) is 11.0. The first kappa shape index (κ1) is 22.5. The van der Waals surface area contributed by atoms with Crippen LogP contribution in [0.2, 0.25) is 0 Å². The van der Waals surface area contributed by atoms with Crippen molar-refractivity contribution in [3.63, 3.8) is 0 Å². The van der Waals surface area contributed by atoms with Crippen molar-refractivity contribution in [3.05, 3.63) is 65.4 Å². The van der Waals surface area contributed by atoms with E-state index in [1.165, 1.54) is 17.7 Å². The number of aliphatic hydroxyl groups excluding tert-OH is 1. The molecule has 1 aliphatic rings. The number of sulfonamides is 1. The number of nitrogens with zero attached hydrogens (tertiary/aromatic N) is 1. The van der Waals surface area contributed by atoms with Crippen molar-refractivity contribution in [3.8, 4) is 0 Å². The van der Waals surface area contributed by atoms with Gasteiger partial charge in [-0.05, 0) is 41.2 Å². The van der Waals surface area contributed by atoms with E-state index in [-0.39, 0.29) is 10.3 Å². The second-order valence-electron chi connectivity index (χ2n) is 9.27. The molecule has 0 bridgehead atoms. The number of benzene rings is 2. The van der Waals surface area contributed by atoms with Crippen LogP contribution in [0.1, 0.15) is 37.6 Å². The molecule has 8 heteroatoms. The molecule has 2 aromatic carbocycles. The molecule has 4 rings (SSSR count). The van der Waals surface area contributed by atoms with Crippen molar-refractivity contribution in [1.29, 1.82) is 0 Å². The normalized spacial score (nSPS) is 15.6. The predicted molar refractivity (Wildman–Crippen MR) is 124 cm³/mol. The third-order valence-electron chi connectivity index (χ3n) is 6.00. The number of hydrogen-bond acceptors (Lipinski definition) is 4. The minimum absolute atomic E-state index is 0.0632. The van der Waals surface area contributed by atoms with Gasteiger partial charge in [0, 0.05) is 23.1 Å². The lowest BCUT2D eigenvalue weighted by atomic mass is 9.87. The highest BCUT2D eigenvalue weighted by atomic mass is 32.2. The Kier molecular flexibility index (Phi) is 5.87. The fourth-order valence-electron chi connectivity index (χ4n) is 4.16. The molecular weight excluding hydrogens is 426 g/mol. The van der Waals surface area contributed by atoms with Crippen molar-refractivity contribution in [2.75, 3.05) is 13.2 Å². The number of carbonyl (C=O) groups excluding carboxylic acids is 1. The van der Waals surface area contributed by atoms with E-state index in [0.29, 0.717) is 19.5 Å². The molecule has 0 aliphatic carbocycles. The number of H-pyrrole nitrogens is 1. The molecule has 7 nitrogen and oxygen atoms in total. The van der Waals surface area contributed by atoms with E-state index < -0.39 is 28.6 Å². The van der Waals surface area contributed by atoms with Crippen molar-refractivity contribution in [1.82, 2.24) is 14.6 Å². The number of aromatic nitrogens is 1. The maximum atomic E-state index is 13.1. The molecular formula is C24H29N3O4S. The molecule has 2 heterocycles. The highest BCUT2D eigenvalue weighted by Crippen LogP contribution is 2.28. The van der Waals surface area contributed by atoms with Crippen LogP contribution in [0, 0.1) is 0 Å². The quantitative estimate of drug-likeness (QED) is 0.550. The zero-order valence-electron chi connectivity index (χ0n) is 18.6. The summed E-state index contributed by atoms with van der Waals surface area (Å²) in [6, 6.07) is 13.3. The van der Waals surface area contributed by atoms with Gasteiger partial charge in [-0.25, -0.2) is 8.42 Å². The van der Waals surface area contributed by atoms with Crippen LogP contribution in [0.25, 0.3) is 10.9 Å². The number of hydrogen-bond donors (Lipinski definition) is 3. The Balaban J connectivity index is 1.50.